The summed E-state index contributed by atoms with van der Waals surface area (Å²) in [6.45, 7) is 12.1. The van der Waals surface area contributed by atoms with Crippen molar-refractivity contribution < 1.29 is 39.1 Å². The van der Waals surface area contributed by atoms with Crippen molar-refractivity contribution in [3.05, 3.63) is 23.8 Å². The molecule has 8 heteroatoms. The molecule has 0 aromatic carbocycles. The molecule has 2 saturated heterocycles. The standard InChI is InChI=1S/C30H46O8/c1-6-7-8-9-10-11-12-13-36-30-20(5)15-27(18(2)3)24(35-17-37-27)22(30)25-28(16-31,38-25)26(33)29(34)21(30)14-19(4)23(29)32/h14,20-22,24-26,31,33-34H,2,6-13,15-17H2,1,3-5H3. The molecule has 3 N–H and O–H groups in total. The summed E-state index contributed by atoms with van der Waals surface area (Å²) >= 11 is 0. The number of carbonyl (C=O) groups excluding carboxylic acids is 1. The summed E-state index contributed by atoms with van der Waals surface area (Å²) in [5.41, 5.74) is -4.31. The van der Waals surface area contributed by atoms with Gasteiger partial charge in [0, 0.05) is 18.4 Å². The number of hydrogen-bond acceptors (Lipinski definition) is 8. The molecular formula is C30H46O8. The number of ether oxygens (including phenoxy) is 4. The Hall–Kier alpha value is -1.13. The average Bonchev–Trinajstić information content (AvgIpc) is 3.40. The zero-order chi connectivity index (χ0) is 27.5. The first-order valence-electron chi connectivity index (χ1n) is 14.6. The van der Waals surface area contributed by atoms with Crippen molar-refractivity contribution in [1.29, 1.82) is 0 Å². The number of epoxide rings is 1. The fourth-order valence-electron chi connectivity index (χ4n) is 8.33. The Morgan fingerprint density at radius 3 is 2.53 bits per heavy atom. The molecule has 4 fully saturated rings. The van der Waals surface area contributed by atoms with Crippen molar-refractivity contribution in [3.8, 4) is 0 Å². The van der Waals surface area contributed by atoms with Gasteiger partial charge in [-0.1, -0.05) is 65.0 Å². The van der Waals surface area contributed by atoms with Gasteiger partial charge in [0.05, 0.1) is 12.2 Å². The number of aliphatic hydroxyl groups is 3. The van der Waals surface area contributed by atoms with Gasteiger partial charge < -0.3 is 34.3 Å². The van der Waals surface area contributed by atoms with Gasteiger partial charge >= 0.3 is 0 Å². The number of carbonyl (C=O) groups is 1. The summed E-state index contributed by atoms with van der Waals surface area (Å²) in [6, 6.07) is 0. The highest BCUT2D eigenvalue weighted by Gasteiger charge is 2.84. The van der Waals surface area contributed by atoms with E-state index in [2.05, 4.69) is 20.4 Å². The first-order valence-corrected chi connectivity index (χ1v) is 14.6. The Balaban J connectivity index is 1.55. The third-order valence-corrected chi connectivity index (χ3v) is 10.4. The van der Waals surface area contributed by atoms with Crippen molar-refractivity contribution in [1.82, 2.24) is 0 Å². The van der Waals surface area contributed by atoms with E-state index in [1.165, 1.54) is 25.7 Å². The molecule has 2 aliphatic heterocycles. The molecule has 0 bridgehead atoms. The van der Waals surface area contributed by atoms with E-state index in [9.17, 15) is 20.1 Å². The molecule has 0 amide bonds. The molecule has 0 spiro atoms. The first-order chi connectivity index (χ1) is 18.1. The van der Waals surface area contributed by atoms with Crippen LogP contribution >= 0.6 is 0 Å². The van der Waals surface area contributed by atoms with Crippen LogP contribution in [-0.2, 0) is 23.7 Å². The van der Waals surface area contributed by atoms with Crippen LogP contribution in [0.5, 0.6) is 0 Å². The van der Waals surface area contributed by atoms with E-state index in [0.29, 0.717) is 18.6 Å². The van der Waals surface area contributed by atoms with Crippen molar-refractivity contribution >= 4 is 5.78 Å². The van der Waals surface area contributed by atoms with E-state index in [1.54, 1.807) is 13.0 Å². The van der Waals surface area contributed by atoms with Crippen molar-refractivity contribution in [2.24, 2.45) is 17.8 Å². The normalized spacial score (nSPS) is 47.0. The molecule has 5 rings (SSSR count). The SMILES string of the molecule is C=C(C)C12CC(C)C3(OCCCCCCCCC)C(C1OCO2)C1OC1(CO)C(O)C1(O)C(=O)C(C)=CC13. The molecule has 3 aliphatic carbocycles. The highest BCUT2D eigenvalue weighted by Crippen LogP contribution is 2.67. The summed E-state index contributed by atoms with van der Waals surface area (Å²) in [7, 11) is 0. The van der Waals surface area contributed by atoms with Gasteiger partial charge in [-0.2, -0.15) is 0 Å². The molecule has 38 heavy (non-hydrogen) atoms. The van der Waals surface area contributed by atoms with Gasteiger partial charge in [0.1, 0.15) is 36.3 Å². The Kier molecular flexibility index (Phi) is 7.51. The van der Waals surface area contributed by atoms with Crippen molar-refractivity contribution in [2.75, 3.05) is 20.0 Å². The topological polar surface area (TPSA) is 118 Å². The lowest BCUT2D eigenvalue weighted by Crippen LogP contribution is -2.70. The predicted molar refractivity (Wildman–Crippen MR) is 140 cm³/mol. The molecule has 0 aromatic rings. The number of hydrogen-bond donors (Lipinski definition) is 3. The minimum absolute atomic E-state index is 0.0821. The Bertz CT molecular complexity index is 979. The van der Waals surface area contributed by atoms with Gasteiger partial charge in [-0.25, -0.2) is 0 Å². The van der Waals surface area contributed by atoms with Crippen LogP contribution in [0.25, 0.3) is 0 Å². The number of unbranched alkanes of at least 4 members (excludes halogenated alkanes) is 6. The van der Waals surface area contributed by atoms with Crippen LogP contribution in [0, 0.1) is 17.8 Å². The van der Waals surface area contributed by atoms with E-state index in [4.69, 9.17) is 18.9 Å². The van der Waals surface area contributed by atoms with Gasteiger partial charge in [-0.15, -0.1) is 0 Å². The fraction of sp³-hybridized carbons (Fsp3) is 0.833. The number of Topliss-reactive ketones (excluding diaryl/α,β-unsaturated/α-hetero) is 1. The lowest BCUT2D eigenvalue weighted by molar-refractivity contribution is -0.248. The molecule has 0 aromatic heterocycles. The summed E-state index contributed by atoms with van der Waals surface area (Å²) in [5.74, 6) is -2.08. The number of fused-ring (bicyclic) bond motifs is 7. The van der Waals surface area contributed by atoms with Crippen molar-refractivity contribution in [3.63, 3.8) is 0 Å². The summed E-state index contributed by atoms with van der Waals surface area (Å²) in [4.78, 5) is 13.5. The fourth-order valence-corrected chi connectivity index (χ4v) is 8.33. The summed E-state index contributed by atoms with van der Waals surface area (Å²) in [6.07, 6.45) is 7.41. The van der Waals surface area contributed by atoms with E-state index in [-0.39, 0.29) is 12.7 Å². The minimum Gasteiger partial charge on any atom is -0.393 e. The molecular weight excluding hydrogens is 488 g/mol. The second-order valence-corrected chi connectivity index (χ2v) is 12.5. The summed E-state index contributed by atoms with van der Waals surface area (Å²) < 4.78 is 25.6. The maximum absolute atomic E-state index is 13.5. The molecule has 10 atom stereocenters. The molecule has 2 saturated carbocycles. The molecule has 2 heterocycles. The number of aliphatic hydroxyl groups excluding tert-OH is 2. The van der Waals surface area contributed by atoms with Crippen molar-refractivity contribution in [2.45, 2.75) is 120 Å². The lowest BCUT2D eigenvalue weighted by atomic mass is 9.54. The molecule has 10 unspecified atom stereocenters. The smallest absolute Gasteiger partial charge is 0.193 e. The Morgan fingerprint density at radius 1 is 1.18 bits per heavy atom. The second-order valence-electron chi connectivity index (χ2n) is 12.5. The highest BCUT2D eigenvalue weighted by atomic mass is 16.7. The minimum atomic E-state index is -2.17. The number of ketones is 1. The zero-order valence-corrected chi connectivity index (χ0v) is 23.4. The van der Waals surface area contributed by atoms with Crippen LogP contribution in [-0.4, -0.2) is 81.8 Å². The first kappa shape index (κ1) is 28.4. The van der Waals surface area contributed by atoms with Gasteiger partial charge in [0.15, 0.2) is 11.4 Å². The van der Waals surface area contributed by atoms with Crippen LogP contribution in [0.1, 0.15) is 79.1 Å². The van der Waals surface area contributed by atoms with E-state index >= 15 is 0 Å². The van der Waals surface area contributed by atoms with Gasteiger partial charge in [-0.05, 0) is 43.8 Å². The third-order valence-electron chi connectivity index (χ3n) is 10.4. The quantitative estimate of drug-likeness (QED) is 0.210. The molecule has 8 nitrogen and oxygen atoms in total. The monoisotopic (exact) mass is 534 g/mol. The largest absolute Gasteiger partial charge is 0.393 e. The zero-order valence-electron chi connectivity index (χ0n) is 23.4. The molecule has 0 radical (unpaired) electrons. The van der Waals surface area contributed by atoms with Crippen LogP contribution in [0.15, 0.2) is 23.8 Å². The summed E-state index contributed by atoms with van der Waals surface area (Å²) in [5, 5.41) is 34.3. The predicted octanol–water partition coefficient (Wildman–Crippen LogP) is 3.22. The van der Waals surface area contributed by atoms with Crippen LogP contribution in [0.3, 0.4) is 0 Å². The molecule has 214 valence electrons. The molecule has 5 aliphatic rings. The Labute approximate surface area is 226 Å². The average molecular weight is 535 g/mol. The lowest BCUT2D eigenvalue weighted by Gasteiger charge is -2.58. The second kappa shape index (κ2) is 10.1. The maximum Gasteiger partial charge on any atom is 0.193 e. The highest BCUT2D eigenvalue weighted by molar-refractivity contribution is 6.05. The number of rotatable bonds is 11. The van der Waals surface area contributed by atoms with Gasteiger partial charge in [0.25, 0.3) is 0 Å². The van der Waals surface area contributed by atoms with E-state index in [1.807, 2.05) is 6.92 Å². The van der Waals surface area contributed by atoms with Crippen LogP contribution in [0.4, 0.5) is 0 Å². The van der Waals surface area contributed by atoms with E-state index in [0.717, 1.165) is 24.8 Å². The maximum atomic E-state index is 13.5. The van der Waals surface area contributed by atoms with Crippen LogP contribution in [0.2, 0.25) is 0 Å². The van der Waals surface area contributed by atoms with Gasteiger partial charge in [0.2, 0.25) is 0 Å². The van der Waals surface area contributed by atoms with Gasteiger partial charge in [-0.3, -0.25) is 4.79 Å². The van der Waals surface area contributed by atoms with Crippen LogP contribution < -0.4 is 0 Å². The third kappa shape index (κ3) is 3.71. The van der Waals surface area contributed by atoms with E-state index < -0.39 is 64.9 Å². The Morgan fingerprint density at radius 2 is 1.87 bits per heavy atom.